The molecule has 2 aliphatic heterocycles. The number of hydrogen-bond donors (Lipinski definition) is 0. The van der Waals surface area contributed by atoms with Crippen molar-refractivity contribution in [2.24, 2.45) is 0 Å². The van der Waals surface area contributed by atoms with Crippen LogP contribution in [-0.4, -0.2) is 18.0 Å². The van der Waals surface area contributed by atoms with Gasteiger partial charge in [0.1, 0.15) is 6.54 Å². The number of benzene rings is 1. The van der Waals surface area contributed by atoms with Gasteiger partial charge in [0.05, 0.1) is 0 Å². The normalized spacial score (nSPS) is 20.0. The minimum absolute atomic E-state index is 1.06. The Morgan fingerprint density at radius 2 is 1.84 bits per heavy atom. The maximum absolute atomic E-state index is 2.64. The van der Waals surface area contributed by atoms with E-state index in [1.807, 2.05) is 0 Å². The Bertz CT molecular complexity index is 1140. The second-order valence-corrected chi connectivity index (χ2v) is 9.30. The first-order chi connectivity index (χ1) is 15.8. The van der Waals surface area contributed by atoms with E-state index >= 15 is 0 Å². The fraction of sp³-hybridized carbons (Fsp3) is 0.367. The van der Waals surface area contributed by atoms with Crippen LogP contribution >= 0.6 is 0 Å². The predicted octanol–water partition coefficient (Wildman–Crippen LogP) is 6.90. The van der Waals surface area contributed by atoms with E-state index in [0.717, 1.165) is 13.0 Å². The summed E-state index contributed by atoms with van der Waals surface area (Å²) in [7, 11) is 0. The van der Waals surface area contributed by atoms with Crippen LogP contribution in [0.2, 0.25) is 0 Å². The molecule has 2 aromatic rings. The Balaban J connectivity index is 1.33. The molecule has 5 rings (SSSR count). The Labute approximate surface area is 193 Å². The maximum atomic E-state index is 2.64. The van der Waals surface area contributed by atoms with Crippen LogP contribution in [0.5, 0.6) is 0 Å². The molecule has 1 saturated heterocycles. The Kier molecular flexibility index (Phi) is 6.39. The van der Waals surface area contributed by atoms with E-state index < -0.39 is 0 Å². The molecule has 1 fully saturated rings. The second-order valence-electron chi connectivity index (χ2n) is 9.30. The van der Waals surface area contributed by atoms with Crippen LogP contribution in [0.3, 0.4) is 0 Å². The number of allylic oxidation sites excluding steroid dienone is 8. The first kappa shape index (κ1) is 21.0. The van der Waals surface area contributed by atoms with Gasteiger partial charge in [0.15, 0.2) is 0 Å². The molecular formula is C30H35N2+. The van der Waals surface area contributed by atoms with Gasteiger partial charge in [-0.25, -0.2) is 0 Å². The molecule has 1 aromatic heterocycles. The van der Waals surface area contributed by atoms with Crippen LogP contribution in [0.25, 0.3) is 17.0 Å². The summed E-state index contributed by atoms with van der Waals surface area (Å²) < 4.78 is 2.46. The molecule has 0 atom stereocenters. The highest BCUT2D eigenvalue weighted by Crippen LogP contribution is 2.40. The highest BCUT2D eigenvalue weighted by Gasteiger charge is 2.28. The molecule has 3 heterocycles. The average molecular weight is 424 g/mol. The van der Waals surface area contributed by atoms with E-state index in [2.05, 4.69) is 89.2 Å². The molecule has 1 aromatic carbocycles. The zero-order valence-corrected chi connectivity index (χ0v) is 19.4. The van der Waals surface area contributed by atoms with E-state index in [4.69, 9.17) is 0 Å². The summed E-state index contributed by atoms with van der Waals surface area (Å²) >= 11 is 0. The standard InChI is InChI=1S/C30H35N2/c1-2-3-21-32-28(18-17-25-12-7-8-16-29(25)32)15-6-4-5-11-24-22-26-13-9-19-31-20-10-14-27(23-24)30(26)31/h4-8,11-12,15-18,22H,2-3,9-10,13-14,19-21,23H2,1H3/q+1. The molecule has 0 N–H and O–H groups in total. The minimum Gasteiger partial charge on any atom is -0.371 e. The molecule has 0 unspecified atom stereocenters. The number of rotatable bonds is 6. The number of aromatic nitrogens is 1. The lowest BCUT2D eigenvalue weighted by Crippen LogP contribution is -2.37. The van der Waals surface area contributed by atoms with E-state index in [1.54, 1.807) is 16.8 Å². The van der Waals surface area contributed by atoms with Crippen molar-refractivity contribution in [2.75, 3.05) is 13.1 Å². The third kappa shape index (κ3) is 4.37. The fourth-order valence-corrected chi connectivity index (χ4v) is 5.50. The van der Waals surface area contributed by atoms with Gasteiger partial charge in [-0.2, -0.15) is 4.57 Å². The number of para-hydroxylation sites is 1. The number of aryl methyl sites for hydroxylation is 1. The molecule has 2 heteroatoms. The summed E-state index contributed by atoms with van der Waals surface area (Å²) in [6.07, 6.45) is 22.3. The zero-order valence-electron chi connectivity index (χ0n) is 19.4. The number of pyridine rings is 1. The molecule has 0 bridgehead atoms. The highest BCUT2D eigenvalue weighted by molar-refractivity contribution is 5.76. The monoisotopic (exact) mass is 423 g/mol. The Morgan fingerprint density at radius 3 is 2.75 bits per heavy atom. The Hall–Kier alpha value is -2.87. The van der Waals surface area contributed by atoms with Gasteiger partial charge >= 0.3 is 0 Å². The largest absolute Gasteiger partial charge is 0.371 e. The van der Waals surface area contributed by atoms with Crippen molar-refractivity contribution in [3.8, 4) is 0 Å². The van der Waals surface area contributed by atoms with E-state index in [9.17, 15) is 0 Å². The highest BCUT2D eigenvalue weighted by atomic mass is 15.1. The molecule has 2 nitrogen and oxygen atoms in total. The molecule has 1 aliphatic carbocycles. The lowest BCUT2D eigenvalue weighted by Gasteiger charge is -2.41. The van der Waals surface area contributed by atoms with Gasteiger partial charge in [-0.05, 0) is 61.0 Å². The van der Waals surface area contributed by atoms with Gasteiger partial charge in [0, 0.05) is 48.8 Å². The SMILES string of the molecule is CCCC[n+]1c(C=CC=CC=C2C=C3CCCN4CCCC(=C34)C2)ccc2ccccc21. The quantitative estimate of drug-likeness (QED) is 0.362. The molecule has 0 spiro atoms. The number of fused-ring (bicyclic) bond motifs is 1. The smallest absolute Gasteiger partial charge is 0.212 e. The number of piperidine rings is 1. The van der Waals surface area contributed by atoms with E-state index in [1.165, 1.54) is 73.8 Å². The van der Waals surface area contributed by atoms with Gasteiger partial charge in [-0.15, -0.1) is 0 Å². The molecule has 3 aliphatic rings. The van der Waals surface area contributed by atoms with E-state index in [-0.39, 0.29) is 0 Å². The molecule has 0 radical (unpaired) electrons. The Morgan fingerprint density at radius 1 is 0.969 bits per heavy atom. The van der Waals surface area contributed by atoms with Gasteiger partial charge in [0.25, 0.3) is 0 Å². The van der Waals surface area contributed by atoms with Crippen LogP contribution in [0, 0.1) is 0 Å². The van der Waals surface area contributed by atoms with Crippen LogP contribution in [0.1, 0.15) is 57.6 Å². The number of nitrogens with zero attached hydrogens (tertiary/aromatic N) is 2. The summed E-state index contributed by atoms with van der Waals surface area (Å²) in [5.74, 6) is 0. The van der Waals surface area contributed by atoms with Crippen molar-refractivity contribution < 1.29 is 4.57 Å². The fourth-order valence-electron chi connectivity index (χ4n) is 5.50. The lowest BCUT2D eigenvalue weighted by atomic mass is 9.82. The van der Waals surface area contributed by atoms with Crippen molar-refractivity contribution >= 4 is 17.0 Å². The van der Waals surface area contributed by atoms with Crippen LogP contribution < -0.4 is 4.57 Å². The summed E-state index contributed by atoms with van der Waals surface area (Å²) in [4.78, 5) is 2.64. The maximum Gasteiger partial charge on any atom is 0.212 e. The molecule has 32 heavy (non-hydrogen) atoms. The molecule has 164 valence electrons. The van der Waals surface area contributed by atoms with Crippen molar-refractivity contribution in [2.45, 2.75) is 58.4 Å². The molecule has 0 amide bonds. The van der Waals surface area contributed by atoms with Gasteiger partial charge in [-0.3, -0.25) is 0 Å². The average Bonchev–Trinajstić information content (AvgIpc) is 2.83. The van der Waals surface area contributed by atoms with Crippen molar-refractivity contribution in [1.82, 2.24) is 4.90 Å². The van der Waals surface area contributed by atoms with Gasteiger partial charge < -0.3 is 4.90 Å². The zero-order chi connectivity index (χ0) is 21.8. The third-order valence-corrected chi connectivity index (χ3v) is 7.02. The van der Waals surface area contributed by atoms with Crippen LogP contribution in [0.15, 0.2) is 89.2 Å². The first-order valence-corrected chi connectivity index (χ1v) is 12.5. The topological polar surface area (TPSA) is 7.12 Å². The van der Waals surface area contributed by atoms with Crippen LogP contribution in [-0.2, 0) is 6.54 Å². The summed E-state index contributed by atoms with van der Waals surface area (Å²) in [6, 6.07) is 13.2. The first-order valence-electron chi connectivity index (χ1n) is 12.5. The van der Waals surface area contributed by atoms with Gasteiger partial charge in [-0.1, -0.05) is 55.9 Å². The molecule has 0 saturated carbocycles. The summed E-state index contributed by atoms with van der Waals surface area (Å²) in [5, 5.41) is 1.31. The third-order valence-electron chi connectivity index (χ3n) is 7.02. The minimum atomic E-state index is 1.06. The number of unbranched alkanes of at least 4 members (excludes halogenated alkanes) is 1. The second kappa shape index (κ2) is 9.73. The van der Waals surface area contributed by atoms with Crippen molar-refractivity contribution in [3.05, 3.63) is 94.9 Å². The van der Waals surface area contributed by atoms with Crippen molar-refractivity contribution in [1.29, 1.82) is 0 Å². The lowest BCUT2D eigenvalue weighted by molar-refractivity contribution is -0.673. The van der Waals surface area contributed by atoms with Gasteiger partial charge in [0.2, 0.25) is 11.2 Å². The summed E-state index contributed by atoms with van der Waals surface area (Å²) in [5.41, 5.74) is 8.93. The van der Waals surface area contributed by atoms with Crippen molar-refractivity contribution in [3.63, 3.8) is 0 Å². The predicted molar refractivity (Wildman–Crippen MR) is 135 cm³/mol. The number of hydrogen-bond acceptors (Lipinski definition) is 1. The summed E-state index contributed by atoms with van der Waals surface area (Å²) in [6.45, 7) is 5.84. The van der Waals surface area contributed by atoms with Crippen LogP contribution in [0.4, 0.5) is 0 Å². The van der Waals surface area contributed by atoms with E-state index in [0.29, 0.717) is 0 Å². The molecular weight excluding hydrogens is 388 g/mol.